The van der Waals surface area contributed by atoms with Crippen molar-refractivity contribution in [3.05, 3.63) is 36.3 Å². The molecule has 76 valence electrons. The molecule has 2 aromatic rings. The molecule has 3 N–H and O–H groups in total. The van der Waals surface area contributed by atoms with Crippen LogP contribution in [0.2, 0.25) is 0 Å². The molecule has 0 spiro atoms. The topological polar surface area (TPSA) is 76.7 Å². The van der Waals surface area contributed by atoms with Gasteiger partial charge in [-0.05, 0) is 19.1 Å². The summed E-state index contributed by atoms with van der Waals surface area (Å²) in [7, 11) is 0. The average molecular weight is 201 g/mol. The van der Waals surface area contributed by atoms with Gasteiger partial charge in [-0.3, -0.25) is 4.98 Å². The zero-order valence-electron chi connectivity index (χ0n) is 8.31. The molecule has 2 aromatic heterocycles. The predicted molar refractivity (Wildman–Crippen MR) is 58.7 cm³/mol. The van der Waals surface area contributed by atoms with Gasteiger partial charge in [0.1, 0.15) is 5.82 Å². The van der Waals surface area contributed by atoms with E-state index in [-0.39, 0.29) is 5.95 Å². The van der Waals surface area contributed by atoms with Crippen molar-refractivity contribution in [3.8, 4) is 0 Å². The third-order valence-electron chi connectivity index (χ3n) is 1.82. The summed E-state index contributed by atoms with van der Waals surface area (Å²) in [6.45, 7) is 1.87. The molecule has 0 aliphatic carbocycles. The minimum absolute atomic E-state index is 0.270. The molecular formula is C10H11N5. The van der Waals surface area contributed by atoms with E-state index in [0.29, 0.717) is 5.82 Å². The number of pyridine rings is 1. The number of rotatable bonds is 2. The number of nitrogen functional groups attached to an aromatic ring is 1. The normalized spacial score (nSPS) is 9.93. The summed E-state index contributed by atoms with van der Waals surface area (Å²) in [6.07, 6.45) is 3.42. The fraction of sp³-hybridized carbons (Fsp3) is 0.100. The molecule has 0 amide bonds. The van der Waals surface area contributed by atoms with Gasteiger partial charge in [-0.1, -0.05) is 0 Å². The van der Waals surface area contributed by atoms with Gasteiger partial charge in [0.05, 0.1) is 0 Å². The second-order valence-electron chi connectivity index (χ2n) is 3.11. The molecule has 0 aliphatic heterocycles. The molecule has 5 nitrogen and oxygen atoms in total. The Kier molecular flexibility index (Phi) is 2.45. The highest BCUT2D eigenvalue weighted by molar-refractivity contribution is 5.56. The van der Waals surface area contributed by atoms with Crippen LogP contribution in [0.15, 0.2) is 30.6 Å². The smallest absolute Gasteiger partial charge is 0.222 e. The van der Waals surface area contributed by atoms with Crippen molar-refractivity contribution in [1.82, 2.24) is 15.0 Å². The van der Waals surface area contributed by atoms with Crippen molar-refractivity contribution in [1.29, 1.82) is 0 Å². The van der Waals surface area contributed by atoms with Gasteiger partial charge < -0.3 is 11.1 Å². The Labute approximate surface area is 87.4 Å². The zero-order valence-corrected chi connectivity index (χ0v) is 8.31. The minimum atomic E-state index is 0.270. The zero-order chi connectivity index (χ0) is 10.7. The Morgan fingerprint density at radius 2 is 1.93 bits per heavy atom. The lowest BCUT2D eigenvalue weighted by Gasteiger charge is -2.05. The number of nitrogens with two attached hydrogens (primary N) is 1. The fourth-order valence-corrected chi connectivity index (χ4v) is 1.24. The third kappa shape index (κ3) is 2.40. The van der Waals surface area contributed by atoms with Crippen LogP contribution in [0.1, 0.15) is 5.69 Å². The van der Waals surface area contributed by atoms with E-state index in [1.165, 1.54) is 0 Å². The van der Waals surface area contributed by atoms with Crippen LogP contribution in [-0.4, -0.2) is 15.0 Å². The molecule has 2 heterocycles. The summed E-state index contributed by atoms with van der Waals surface area (Å²) < 4.78 is 0. The maximum Gasteiger partial charge on any atom is 0.222 e. The molecular weight excluding hydrogens is 190 g/mol. The van der Waals surface area contributed by atoms with Crippen LogP contribution in [0.4, 0.5) is 17.5 Å². The number of anilines is 3. The number of hydrogen-bond donors (Lipinski definition) is 2. The van der Waals surface area contributed by atoms with E-state index in [4.69, 9.17) is 5.73 Å². The molecule has 0 aromatic carbocycles. The first-order valence-corrected chi connectivity index (χ1v) is 4.52. The third-order valence-corrected chi connectivity index (χ3v) is 1.82. The molecule has 15 heavy (non-hydrogen) atoms. The van der Waals surface area contributed by atoms with Crippen molar-refractivity contribution >= 4 is 17.5 Å². The average Bonchev–Trinajstić information content (AvgIpc) is 2.17. The molecule has 0 fully saturated rings. The Bertz CT molecular complexity index is 434. The Balaban J connectivity index is 2.25. The van der Waals surface area contributed by atoms with Gasteiger partial charge in [0.2, 0.25) is 5.95 Å². The first-order chi connectivity index (χ1) is 7.24. The van der Waals surface area contributed by atoms with Crippen molar-refractivity contribution in [2.45, 2.75) is 6.92 Å². The summed E-state index contributed by atoms with van der Waals surface area (Å²) in [4.78, 5) is 12.0. The van der Waals surface area contributed by atoms with E-state index in [2.05, 4.69) is 20.3 Å². The standard InChI is InChI=1S/C10H11N5/c1-7-6-9(15-10(11)13-7)14-8-2-4-12-5-3-8/h2-6H,1H3,(H3,11,12,13,14,15). The van der Waals surface area contributed by atoms with Crippen molar-refractivity contribution < 1.29 is 0 Å². The van der Waals surface area contributed by atoms with E-state index < -0.39 is 0 Å². The Morgan fingerprint density at radius 3 is 2.60 bits per heavy atom. The van der Waals surface area contributed by atoms with E-state index in [9.17, 15) is 0 Å². The molecule has 0 aliphatic rings. The maximum absolute atomic E-state index is 5.54. The second-order valence-corrected chi connectivity index (χ2v) is 3.11. The van der Waals surface area contributed by atoms with Gasteiger partial charge in [0.25, 0.3) is 0 Å². The van der Waals surface area contributed by atoms with Gasteiger partial charge in [0, 0.05) is 29.8 Å². The van der Waals surface area contributed by atoms with Crippen LogP contribution in [0.25, 0.3) is 0 Å². The van der Waals surface area contributed by atoms with Gasteiger partial charge in [-0.15, -0.1) is 0 Å². The largest absolute Gasteiger partial charge is 0.368 e. The molecule has 0 saturated carbocycles. The number of hydrogen-bond acceptors (Lipinski definition) is 5. The van der Waals surface area contributed by atoms with Crippen molar-refractivity contribution in [2.75, 3.05) is 11.1 Å². The van der Waals surface area contributed by atoms with Gasteiger partial charge in [0.15, 0.2) is 0 Å². The van der Waals surface area contributed by atoms with Crippen LogP contribution in [-0.2, 0) is 0 Å². The number of aromatic nitrogens is 3. The molecule has 0 saturated heterocycles. The van der Waals surface area contributed by atoms with Crippen LogP contribution in [0.3, 0.4) is 0 Å². The SMILES string of the molecule is Cc1cc(Nc2ccncc2)nc(N)n1. The highest BCUT2D eigenvalue weighted by Crippen LogP contribution is 2.14. The lowest BCUT2D eigenvalue weighted by molar-refractivity contribution is 1.12. The number of aryl methyl sites for hydroxylation is 1. The highest BCUT2D eigenvalue weighted by atomic mass is 15.1. The summed E-state index contributed by atoms with van der Waals surface area (Å²) in [5.41, 5.74) is 7.29. The summed E-state index contributed by atoms with van der Waals surface area (Å²) in [5, 5.41) is 3.11. The van der Waals surface area contributed by atoms with Gasteiger partial charge in [-0.25, -0.2) is 4.98 Å². The van der Waals surface area contributed by atoms with Crippen molar-refractivity contribution in [2.24, 2.45) is 0 Å². The Hall–Kier alpha value is -2.17. The molecule has 0 radical (unpaired) electrons. The molecule has 0 bridgehead atoms. The maximum atomic E-state index is 5.54. The molecule has 2 rings (SSSR count). The lowest BCUT2D eigenvalue weighted by atomic mass is 10.4. The van der Waals surface area contributed by atoms with E-state index in [0.717, 1.165) is 11.4 Å². The summed E-state index contributed by atoms with van der Waals surface area (Å²) in [6, 6.07) is 5.54. The van der Waals surface area contributed by atoms with Crippen LogP contribution in [0, 0.1) is 6.92 Å². The quantitative estimate of drug-likeness (QED) is 0.770. The van der Waals surface area contributed by atoms with Crippen LogP contribution in [0.5, 0.6) is 0 Å². The van der Waals surface area contributed by atoms with E-state index in [1.807, 2.05) is 25.1 Å². The highest BCUT2D eigenvalue weighted by Gasteiger charge is 1.99. The second kappa shape index (κ2) is 3.91. The first kappa shape index (κ1) is 9.39. The molecule has 5 heteroatoms. The molecule has 0 unspecified atom stereocenters. The predicted octanol–water partition coefficient (Wildman–Crippen LogP) is 1.51. The van der Waals surface area contributed by atoms with E-state index >= 15 is 0 Å². The summed E-state index contributed by atoms with van der Waals surface area (Å²) >= 11 is 0. The number of nitrogens with zero attached hydrogens (tertiary/aromatic N) is 3. The fourth-order valence-electron chi connectivity index (χ4n) is 1.24. The monoisotopic (exact) mass is 201 g/mol. The Morgan fingerprint density at radius 1 is 1.20 bits per heavy atom. The minimum Gasteiger partial charge on any atom is -0.368 e. The van der Waals surface area contributed by atoms with Gasteiger partial charge >= 0.3 is 0 Å². The first-order valence-electron chi connectivity index (χ1n) is 4.52. The van der Waals surface area contributed by atoms with Crippen LogP contribution < -0.4 is 11.1 Å². The number of nitrogens with one attached hydrogen (secondary N) is 1. The van der Waals surface area contributed by atoms with E-state index in [1.54, 1.807) is 12.4 Å². The summed E-state index contributed by atoms with van der Waals surface area (Å²) in [5.74, 6) is 0.956. The van der Waals surface area contributed by atoms with Crippen molar-refractivity contribution in [3.63, 3.8) is 0 Å². The lowest BCUT2D eigenvalue weighted by Crippen LogP contribution is -2.01. The van der Waals surface area contributed by atoms with Gasteiger partial charge in [-0.2, -0.15) is 4.98 Å². The molecule has 0 atom stereocenters. The van der Waals surface area contributed by atoms with Crippen LogP contribution >= 0.6 is 0 Å².